The van der Waals surface area contributed by atoms with Crippen LogP contribution >= 0.6 is 11.3 Å². The van der Waals surface area contributed by atoms with E-state index in [9.17, 15) is 4.79 Å². The van der Waals surface area contributed by atoms with E-state index in [1.165, 1.54) is 27.9 Å². The zero-order valence-corrected chi connectivity index (χ0v) is 14.9. The van der Waals surface area contributed by atoms with Gasteiger partial charge in [-0.05, 0) is 55.0 Å². The summed E-state index contributed by atoms with van der Waals surface area (Å²) in [5, 5.41) is 5.07. The Balaban J connectivity index is 1.52. The van der Waals surface area contributed by atoms with E-state index >= 15 is 0 Å². The van der Waals surface area contributed by atoms with E-state index in [2.05, 4.69) is 10.1 Å². The third-order valence-corrected chi connectivity index (χ3v) is 5.96. The number of hydrogen-bond acceptors (Lipinski definition) is 6. The minimum absolute atomic E-state index is 0.0943. The minimum Gasteiger partial charge on any atom is -0.486 e. The van der Waals surface area contributed by atoms with Crippen LogP contribution in [0.4, 0.5) is 0 Å². The lowest BCUT2D eigenvalue weighted by Crippen LogP contribution is -2.18. The molecule has 0 saturated heterocycles. The maximum absolute atomic E-state index is 12.9. The predicted octanol–water partition coefficient (Wildman–Crippen LogP) is 2.99. The van der Waals surface area contributed by atoms with Gasteiger partial charge in [0.15, 0.2) is 11.5 Å². The van der Waals surface area contributed by atoms with Crippen LogP contribution in [-0.4, -0.2) is 29.1 Å². The molecule has 0 bridgehead atoms. The highest BCUT2D eigenvalue weighted by atomic mass is 32.1. The maximum Gasteiger partial charge on any atom is 0.282 e. The average Bonchev–Trinajstić information content (AvgIpc) is 3.06. The molecule has 26 heavy (non-hydrogen) atoms. The summed E-state index contributed by atoms with van der Waals surface area (Å²) >= 11 is 1.65. The molecular weight excluding hydrogens is 350 g/mol. The molecule has 6 nitrogen and oxygen atoms in total. The van der Waals surface area contributed by atoms with Crippen molar-refractivity contribution in [3.8, 4) is 11.5 Å². The van der Waals surface area contributed by atoms with Gasteiger partial charge in [0.05, 0.1) is 11.6 Å². The summed E-state index contributed by atoms with van der Waals surface area (Å²) in [5.41, 5.74) is 1.93. The number of hydrogen-bond donors (Lipinski definition) is 0. The summed E-state index contributed by atoms with van der Waals surface area (Å²) < 4.78 is 12.4. The lowest BCUT2D eigenvalue weighted by molar-refractivity contribution is 0.171. The van der Waals surface area contributed by atoms with Crippen LogP contribution in [0.1, 0.15) is 28.8 Å². The van der Waals surface area contributed by atoms with E-state index < -0.39 is 0 Å². The van der Waals surface area contributed by atoms with E-state index in [4.69, 9.17) is 9.47 Å². The summed E-state index contributed by atoms with van der Waals surface area (Å²) in [6.45, 7) is 1.10. The second-order valence-electron chi connectivity index (χ2n) is 6.43. The Hall–Kier alpha value is -2.67. The van der Waals surface area contributed by atoms with Crippen molar-refractivity contribution in [2.24, 2.45) is 5.10 Å². The zero-order chi connectivity index (χ0) is 17.5. The van der Waals surface area contributed by atoms with Crippen LogP contribution in [0.2, 0.25) is 0 Å². The zero-order valence-electron chi connectivity index (χ0n) is 14.1. The fourth-order valence-electron chi connectivity index (χ4n) is 3.49. The number of benzene rings is 1. The predicted molar refractivity (Wildman–Crippen MR) is 101 cm³/mol. The van der Waals surface area contributed by atoms with Gasteiger partial charge < -0.3 is 9.47 Å². The number of aromatic nitrogens is 2. The van der Waals surface area contributed by atoms with E-state index in [1.807, 2.05) is 18.2 Å². The first kappa shape index (κ1) is 15.6. The number of nitrogens with zero attached hydrogens (tertiary/aromatic N) is 3. The van der Waals surface area contributed by atoms with Crippen molar-refractivity contribution in [3.05, 3.63) is 50.9 Å². The van der Waals surface area contributed by atoms with Gasteiger partial charge in [-0.2, -0.15) is 9.78 Å². The summed E-state index contributed by atoms with van der Waals surface area (Å²) in [6.07, 6.45) is 7.48. The van der Waals surface area contributed by atoms with Gasteiger partial charge in [-0.25, -0.2) is 4.98 Å². The van der Waals surface area contributed by atoms with Gasteiger partial charge in [0.2, 0.25) is 0 Å². The van der Waals surface area contributed by atoms with E-state index in [-0.39, 0.29) is 5.56 Å². The van der Waals surface area contributed by atoms with E-state index in [0.717, 1.165) is 40.8 Å². The summed E-state index contributed by atoms with van der Waals surface area (Å²) in [4.78, 5) is 19.5. The van der Waals surface area contributed by atoms with Gasteiger partial charge in [-0.3, -0.25) is 4.79 Å². The van der Waals surface area contributed by atoms with Crippen molar-refractivity contribution < 1.29 is 9.47 Å². The van der Waals surface area contributed by atoms with Crippen molar-refractivity contribution in [3.63, 3.8) is 0 Å². The molecule has 7 heteroatoms. The molecular formula is C19H17N3O3S. The van der Waals surface area contributed by atoms with Crippen LogP contribution in [0.3, 0.4) is 0 Å². The second-order valence-corrected chi connectivity index (χ2v) is 7.52. The molecule has 5 rings (SSSR count). The highest BCUT2D eigenvalue weighted by Crippen LogP contribution is 2.33. The lowest BCUT2D eigenvalue weighted by atomic mass is 9.97. The third-order valence-electron chi connectivity index (χ3n) is 4.76. The Morgan fingerprint density at radius 1 is 1.15 bits per heavy atom. The number of rotatable bonds is 2. The molecule has 3 heterocycles. The average molecular weight is 367 g/mol. The SMILES string of the molecule is O=c1c2c3c(sc2ncn1/N=C/c1ccc2c(c1)OCCO2)CCCC3. The van der Waals surface area contributed by atoms with Crippen LogP contribution in [0.5, 0.6) is 11.5 Å². The molecule has 0 unspecified atom stereocenters. The van der Waals surface area contributed by atoms with Crippen molar-refractivity contribution >= 4 is 27.8 Å². The largest absolute Gasteiger partial charge is 0.486 e. The molecule has 0 spiro atoms. The molecule has 3 aromatic rings. The molecule has 1 aromatic carbocycles. The van der Waals surface area contributed by atoms with Crippen LogP contribution in [0, 0.1) is 0 Å². The van der Waals surface area contributed by atoms with Crippen LogP contribution in [0.15, 0.2) is 34.4 Å². The highest BCUT2D eigenvalue weighted by Gasteiger charge is 2.19. The maximum atomic E-state index is 12.9. The monoisotopic (exact) mass is 367 g/mol. The fourth-order valence-corrected chi connectivity index (χ4v) is 4.71. The molecule has 0 saturated carbocycles. The van der Waals surface area contributed by atoms with Gasteiger partial charge in [0, 0.05) is 4.88 Å². The van der Waals surface area contributed by atoms with Gasteiger partial charge in [0.25, 0.3) is 5.56 Å². The van der Waals surface area contributed by atoms with Crippen molar-refractivity contribution in [2.75, 3.05) is 13.2 Å². The molecule has 2 aliphatic rings. The first-order chi connectivity index (χ1) is 12.8. The first-order valence-electron chi connectivity index (χ1n) is 8.75. The Labute approximate surface area is 153 Å². The van der Waals surface area contributed by atoms with Crippen LogP contribution in [0.25, 0.3) is 10.2 Å². The Morgan fingerprint density at radius 2 is 2.00 bits per heavy atom. The quantitative estimate of drug-likeness (QED) is 0.653. The summed E-state index contributed by atoms with van der Waals surface area (Å²) in [6, 6.07) is 5.61. The fraction of sp³-hybridized carbons (Fsp3) is 0.316. The summed E-state index contributed by atoms with van der Waals surface area (Å²) in [5.74, 6) is 1.44. The molecule has 0 N–H and O–H groups in total. The number of thiophene rings is 1. The van der Waals surface area contributed by atoms with Gasteiger partial charge in [-0.15, -0.1) is 11.3 Å². The Morgan fingerprint density at radius 3 is 2.92 bits per heavy atom. The van der Waals surface area contributed by atoms with Crippen molar-refractivity contribution in [2.45, 2.75) is 25.7 Å². The normalized spacial score (nSPS) is 16.2. The second kappa shape index (κ2) is 6.25. The number of aryl methyl sites for hydroxylation is 2. The van der Waals surface area contributed by atoms with Crippen LogP contribution in [-0.2, 0) is 12.8 Å². The van der Waals surface area contributed by atoms with E-state index in [0.29, 0.717) is 19.0 Å². The molecule has 132 valence electrons. The smallest absolute Gasteiger partial charge is 0.282 e. The molecule has 0 fully saturated rings. The third kappa shape index (κ3) is 2.59. The van der Waals surface area contributed by atoms with Gasteiger partial charge >= 0.3 is 0 Å². The molecule has 0 amide bonds. The standard InChI is InChI=1S/C19H17N3O3S/c23-19-17-13-3-1-2-4-16(13)26-18(17)20-11-22(19)21-10-12-5-6-14-15(9-12)25-8-7-24-14/h5-6,9-11H,1-4,7-8H2/b21-10+. The molecule has 0 radical (unpaired) electrons. The molecule has 1 aliphatic carbocycles. The summed E-state index contributed by atoms with van der Waals surface area (Å²) in [7, 11) is 0. The van der Waals surface area contributed by atoms with Crippen LogP contribution < -0.4 is 15.0 Å². The van der Waals surface area contributed by atoms with Crippen molar-refractivity contribution in [1.82, 2.24) is 9.66 Å². The van der Waals surface area contributed by atoms with Crippen molar-refractivity contribution in [1.29, 1.82) is 0 Å². The first-order valence-corrected chi connectivity index (χ1v) is 9.57. The number of fused-ring (bicyclic) bond motifs is 4. The molecule has 2 aromatic heterocycles. The highest BCUT2D eigenvalue weighted by molar-refractivity contribution is 7.18. The molecule has 0 atom stereocenters. The van der Waals surface area contributed by atoms with Gasteiger partial charge in [-0.1, -0.05) is 0 Å². The molecule has 1 aliphatic heterocycles. The number of ether oxygens (including phenoxy) is 2. The Bertz CT molecular complexity index is 1080. The minimum atomic E-state index is -0.0943. The Kier molecular flexibility index (Phi) is 3.74. The lowest BCUT2D eigenvalue weighted by Gasteiger charge is -2.18. The topological polar surface area (TPSA) is 65.7 Å². The van der Waals surface area contributed by atoms with E-state index in [1.54, 1.807) is 17.6 Å². The van der Waals surface area contributed by atoms with Gasteiger partial charge in [0.1, 0.15) is 24.4 Å².